The van der Waals surface area contributed by atoms with Crippen molar-refractivity contribution in [1.29, 1.82) is 0 Å². The Balaban J connectivity index is 1.89. The van der Waals surface area contributed by atoms with Crippen molar-refractivity contribution in [2.45, 2.75) is 13.3 Å². The summed E-state index contributed by atoms with van der Waals surface area (Å²) in [4.78, 5) is 36.2. The minimum atomic E-state index is -0.523. The van der Waals surface area contributed by atoms with E-state index in [9.17, 15) is 14.0 Å². The first-order chi connectivity index (χ1) is 13.4. The molecule has 0 aliphatic heterocycles. The summed E-state index contributed by atoms with van der Waals surface area (Å²) >= 11 is 0. The number of nitrogen functional groups attached to an aromatic ring is 1. The lowest BCUT2D eigenvalue weighted by Gasteiger charge is -2.16. The van der Waals surface area contributed by atoms with Crippen LogP contribution in [0.25, 0.3) is 33.3 Å². The van der Waals surface area contributed by atoms with Crippen molar-refractivity contribution in [1.82, 2.24) is 15.0 Å². The number of amides is 1. The van der Waals surface area contributed by atoms with E-state index in [1.807, 2.05) is 0 Å². The van der Waals surface area contributed by atoms with E-state index >= 15 is 0 Å². The number of nitrogens with one attached hydrogen (secondary N) is 2. The Morgan fingerprint density at radius 1 is 1.21 bits per heavy atom. The van der Waals surface area contributed by atoms with Gasteiger partial charge in [0, 0.05) is 19.2 Å². The van der Waals surface area contributed by atoms with Gasteiger partial charge in [0.2, 0.25) is 5.91 Å². The molecule has 4 aromatic rings. The number of nitrogens with zero attached hydrogens (tertiary/aromatic N) is 2. The zero-order valence-corrected chi connectivity index (χ0v) is 15.3. The SMILES string of the molecule is CCC(=O)N(C)c1ccc2nc(-c3c(N)c4c(F)cccc4[nH]c3=O)[nH]c2c1. The number of anilines is 2. The van der Waals surface area contributed by atoms with Crippen molar-refractivity contribution < 1.29 is 9.18 Å². The number of fused-ring (bicyclic) bond motifs is 2. The highest BCUT2D eigenvalue weighted by Crippen LogP contribution is 2.30. The second-order valence-corrected chi connectivity index (χ2v) is 6.50. The summed E-state index contributed by atoms with van der Waals surface area (Å²) in [5, 5.41) is 0.145. The van der Waals surface area contributed by atoms with Gasteiger partial charge in [-0.25, -0.2) is 9.37 Å². The number of carbonyl (C=O) groups excluding carboxylic acids is 1. The number of nitrogens with two attached hydrogens (primary N) is 1. The number of H-pyrrole nitrogens is 2. The van der Waals surface area contributed by atoms with E-state index in [4.69, 9.17) is 5.73 Å². The Morgan fingerprint density at radius 3 is 2.75 bits per heavy atom. The quantitative estimate of drug-likeness (QED) is 0.508. The fourth-order valence-corrected chi connectivity index (χ4v) is 3.28. The molecule has 0 unspecified atom stereocenters. The van der Waals surface area contributed by atoms with Crippen LogP contribution in [0.5, 0.6) is 0 Å². The molecule has 7 nitrogen and oxygen atoms in total. The third-order valence-electron chi connectivity index (χ3n) is 4.79. The van der Waals surface area contributed by atoms with Gasteiger partial charge in [-0.2, -0.15) is 0 Å². The fourth-order valence-electron chi connectivity index (χ4n) is 3.28. The maximum atomic E-state index is 14.3. The third-order valence-corrected chi connectivity index (χ3v) is 4.79. The number of benzene rings is 2. The molecule has 8 heteroatoms. The van der Waals surface area contributed by atoms with E-state index < -0.39 is 11.4 Å². The van der Waals surface area contributed by atoms with Crippen LogP contribution in [0.3, 0.4) is 0 Å². The molecule has 28 heavy (non-hydrogen) atoms. The smallest absolute Gasteiger partial charge is 0.261 e. The summed E-state index contributed by atoms with van der Waals surface area (Å²) in [7, 11) is 1.69. The molecule has 0 fully saturated rings. The van der Waals surface area contributed by atoms with E-state index in [0.717, 1.165) is 0 Å². The summed E-state index contributed by atoms with van der Waals surface area (Å²) in [6.45, 7) is 1.79. The first-order valence-corrected chi connectivity index (χ1v) is 8.77. The molecule has 4 rings (SSSR count). The highest BCUT2D eigenvalue weighted by Gasteiger charge is 2.18. The van der Waals surface area contributed by atoms with Crippen LogP contribution in [0.2, 0.25) is 0 Å². The van der Waals surface area contributed by atoms with Crippen LogP contribution in [0.15, 0.2) is 41.2 Å². The number of aromatic nitrogens is 3. The molecule has 142 valence electrons. The molecule has 4 N–H and O–H groups in total. The topological polar surface area (TPSA) is 108 Å². The van der Waals surface area contributed by atoms with Crippen molar-refractivity contribution in [3.8, 4) is 11.4 Å². The molecule has 0 radical (unpaired) electrons. The van der Waals surface area contributed by atoms with Crippen LogP contribution in [0.4, 0.5) is 15.8 Å². The van der Waals surface area contributed by atoms with E-state index in [2.05, 4.69) is 15.0 Å². The van der Waals surface area contributed by atoms with Gasteiger partial charge in [-0.15, -0.1) is 0 Å². The standard InChI is InChI=1S/C20H18FN5O2/c1-3-15(27)26(2)10-7-8-12-14(9-10)24-19(23-12)17-18(22)16-11(21)5-4-6-13(16)25-20(17)28/h4-9H,3H2,1-2H3,(H,23,24)(H3,22,25,28). The van der Waals surface area contributed by atoms with Gasteiger partial charge in [0.25, 0.3) is 5.56 Å². The van der Waals surface area contributed by atoms with E-state index in [0.29, 0.717) is 28.7 Å². The number of aromatic amines is 2. The van der Waals surface area contributed by atoms with Crippen molar-refractivity contribution in [3.05, 3.63) is 52.6 Å². The molecule has 2 heterocycles. The van der Waals surface area contributed by atoms with Gasteiger partial charge < -0.3 is 20.6 Å². The molecule has 0 saturated heterocycles. The number of hydrogen-bond donors (Lipinski definition) is 3. The second-order valence-electron chi connectivity index (χ2n) is 6.50. The summed E-state index contributed by atoms with van der Waals surface area (Å²) < 4.78 is 14.3. The fraction of sp³-hybridized carbons (Fsp3) is 0.150. The van der Waals surface area contributed by atoms with Gasteiger partial charge in [0.1, 0.15) is 17.2 Å². The Kier molecular flexibility index (Phi) is 4.11. The number of carbonyl (C=O) groups is 1. The molecule has 2 aromatic carbocycles. The molecule has 0 atom stereocenters. The maximum Gasteiger partial charge on any atom is 0.261 e. The van der Waals surface area contributed by atoms with Crippen molar-refractivity contribution in [2.75, 3.05) is 17.7 Å². The summed E-state index contributed by atoms with van der Waals surface area (Å²) in [5.74, 6) is -0.309. The third kappa shape index (κ3) is 2.70. The average Bonchev–Trinajstić information content (AvgIpc) is 3.09. The molecular weight excluding hydrogens is 361 g/mol. The predicted molar refractivity (Wildman–Crippen MR) is 108 cm³/mol. The van der Waals surface area contributed by atoms with Gasteiger partial charge in [0.15, 0.2) is 0 Å². The summed E-state index contributed by atoms with van der Waals surface area (Å²) in [5.41, 5.74) is 8.03. The average molecular weight is 379 g/mol. The lowest BCUT2D eigenvalue weighted by molar-refractivity contribution is -0.118. The van der Waals surface area contributed by atoms with E-state index in [1.165, 1.54) is 12.1 Å². The van der Waals surface area contributed by atoms with Gasteiger partial charge in [-0.3, -0.25) is 9.59 Å². The zero-order chi connectivity index (χ0) is 20.0. The summed E-state index contributed by atoms with van der Waals surface area (Å²) in [6, 6.07) is 9.66. The largest absolute Gasteiger partial charge is 0.397 e. The highest BCUT2D eigenvalue weighted by atomic mass is 19.1. The second kappa shape index (κ2) is 6.49. The Morgan fingerprint density at radius 2 is 2.00 bits per heavy atom. The Bertz CT molecular complexity index is 1290. The van der Waals surface area contributed by atoms with Gasteiger partial charge >= 0.3 is 0 Å². The molecule has 1 amide bonds. The molecule has 0 saturated carbocycles. The van der Waals surface area contributed by atoms with Gasteiger partial charge in [0.05, 0.1) is 27.6 Å². The van der Waals surface area contributed by atoms with Crippen LogP contribution in [0.1, 0.15) is 13.3 Å². The molecule has 0 bridgehead atoms. The first kappa shape index (κ1) is 17.7. The summed E-state index contributed by atoms with van der Waals surface area (Å²) in [6.07, 6.45) is 0.386. The highest BCUT2D eigenvalue weighted by molar-refractivity contribution is 5.99. The van der Waals surface area contributed by atoms with E-state index in [1.54, 1.807) is 43.1 Å². The van der Waals surface area contributed by atoms with Crippen LogP contribution in [-0.2, 0) is 4.79 Å². The monoisotopic (exact) mass is 379 g/mol. The first-order valence-electron chi connectivity index (χ1n) is 8.77. The minimum absolute atomic E-state index is 0.0226. The Hall–Kier alpha value is -3.68. The maximum absolute atomic E-state index is 14.3. The molecule has 2 aromatic heterocycles. The van der Waals surface area contributed by atoms with Crippen LogP contribution >= 0.6 is 0 Å². The van der Waals surface area contributed by atoms with Gasteiger partial charge in [-0.05, 0) is 30.3 Å². The van der Waals surface area contributed by atoms with Gasteiger partial charge in [-0.1, -0.05) is 13.0 Å². The minimum Gasteiger partial charge on any atom is -0.397 e. The number of halogens is 1. The van der Waals surface area contributed by atoms with Crippen molar-refractivity contribution in [3.63, 3.8) is 0 Å². The lowest BCUT2D eigenvalue weighted by atomic mass is 10.1. The van der Waals surface area contributed by atoms with Crippen LogP contribution in [0, 0.1) is 5.82 Å². The molecule has 0 aliphatic rings. The Labute approximate surface area is 159 Å². The normalized spacial score (nSPS) is 11.2. The van der Waals surface area contributed by atoms with E-state index in [-0.39, 0.29) is 28.4 Å². The number of rotatable bonds is 3. The molecule has 0 spiro atoms. The number of imidazole rings is 1. The molecule has 0 aliphatic carbocycles. The number of pyridine rings is 1. The van der Waals surface area contributed by atoms with Crippen LogP contribution in [-0.4, -0.2) is 27.9 Å². The van der Waals surface area contributed by atoms with Crippen LogP contribution < -0.4 is 16.2 Å². The van der Waals surface area contributed by atoms with Crippen molar-refractivity contribution >= 4 is 39.2 Å². The number of hydrogen-bond acceptors (Lipinski definition) is 4. The lowest BCUT2D eigenvalue weighted by Crippen LogP contribution is -2.24. The molecular formula is C20H18FN5O2. The zero-order valence-electron chi connectivity index (χ0n) is 15.3. The predicted octanol–water partition coefficient (Wildman–Crippen LogP) is 3.17. The van der Waals surface area contributed by atoms with Crippen molar-refractivity contribution in [2.24, 2.45) is 0 Å².